The number of methoxy groups -OCH3 is 2. The van der Waals surface area contributed by atoms with Gasteiger partial charge in [0.05, 0.1) is 45.1 Å². The summed E-state index contributed by atoms with van der Waals surface area (Å²) >= 11 is 0. The lowest BCUT2D eigenvalue weighted by Crippen LogP contribution is -2.69. The highest BCUT2D eigenvalue weighted by Crippen LogP contribution is 2.66. The largest absolute Gasteiger partial charge is 0.493 e. The van der Waals surface area contributed by atoms with Crippen molar-refractivity contribution in [2.75, 3.05) is 38.8 Å². The molecule has 5 heterocycles. The van der Waals surface area contributed by atoms with Crippen LogP contribution in [0.3, 0.4) is 0 Å². The molecule has 4 fully saturated rings. The van der Waals surface area contributed by atoms with Gasteiger partial charge < -0.3 is 19.1 Å². The topological polar surface area (TPSA) is 51.2 Å². The quantitative estimate of drug-likeness (QED) is 0.719. The first-order valence-electron chi connectivity index (χ1n) is 10.8. The Bertz CT molecular complexity index is 974. The van der Waals surface area contributed by atoms with E-state index in [4.69, 9.17) is 14.2 Å². The highest BCUT2D eigenvalue weighted by molar-refractivity contribution is 5.99. The van der Waals surface area contributed by atoms with E-state index in [1.165, 1.54) is 12.0 Å². The zero-order chi connectivity index (χ0) is 19.5. The normalized spacial score (nSPS) is 41.0. The standard InChI is InChI=1S/C23H26N2O4/c1-27-16-8-14-15(9-17(16)28-2)25-20(26)10-18-21-13-7-19-23(14,22(21)25)4-5-24(19)11-12(13)3-6-29-18/h3,8-9,13,18-19,21-22H,4-7,10-11H2,1-2H3/t13-,18-,19-,21-,22-,23?/m0/s1. The minimum Gasteiger partial charge on any atom is -0.493 e. The van der Waals surface area contributed by atoms with Crippen molar-refractivity contribution in [3.8, 4) is 11.5 Å². The maximum atomic E-state index is 13.5. The molecule has 6 atom stereocenters. The lowest BCUT2D eigenvalue weighted by Gasteiger charge is -2.58. The number of anilines is 1. The highest BCUT2D eigenvalue weighted by atomic mass is 16.5. The summed E-state index contributed by atoms with van der Waals surface area (Å²) in [7, 11) is 3.36. The average Bonchev–Trinajstić information content (AvgIpc) is 3.20. The van der Waals surface area contributed by atoms with Crippen LogP contribution in [0.15, 0.2) is 23.8 Å². The minimum absolute atomic E-state index is 0.0242. The zero-order valence-electron chi connectivity index (χ0n) is 16.9. The van der Waals surface area contributed by atoms with Crippen LogP contribution in [0.25, 0.3) is 0 Å². The fourth-order valence-corrected chi connectivity index (χ4v) is 7.87. The number of carbonyl (C=O) groups is 1. The van der Waals surface area contributed by atoms with Crippen molar-refractivity contribution in [3.63, 3.8) is 0 Å². The van der Waals surface area contributed by atoms with Crippen LogP contribution in [-0.2, 0) is 14.9 Å². The molecule has 0 radical (unpaired) electrons. The van der Waals surface area contributed by atoms with Gasteiger partial charge in [0.25, 0.3) is 0 Å². The molecule has 6 aliphatic rings. The van der Waals surface area contributed by atoms with Gasteiger partial charge in [-0.05, 0) is 36.9 Å². The molecule has 1 amide bonds. The molecule has 1 aliphatic carbocycles. The lowest BCUT2D eigenvalue weighted by atomic mass is 9.53. The van der Waals surface area contributed by atoms with Crippen molar-refractivity contribution in [1.29, 1.82) is 0 Å². The molecule has 1 aromatic carbocycles. The van der Waals surface area contributed by atoms with Crippen molar-refractivity contribution < 1.29 is 19.0 Å². The molecule has 1 unspecified atom stereocenters. The van der Waals surface area contributed by atoms with Crippen LogP contribution < -0.4 is 14.4 Å². The second-order valence-corrected chi connectivity index (χ2v) is 9.48. The van der Waals surface area contributed by atoms with Crippen LogP contribution in [0.5, 0.6) is 11.5 Å². The molecule has 0 N–H and O–H groups in total. The van der Waals surface area contributed by atoms with Crippen LogP contribution in [0.2, 0.25) is 0 Å². The van der Waals surface area contributed by atoms with E-state index in [1.54, 1.807) is 19.8 Å². The molecule has 1 saturated carbocycles. The van der Waals surface area contributed by atoms with Gasteiger partial charge in [-0.2, -0.15) is 0 Å². The number of fused-ring (bicyclic) bond motifs is 2. The summed E-state index contributed by atoms with van der Waals surface area (Å²) < 4.78 is 17.6. The third-order valence-electron chi connectivity index (χ3n) is 8.81. The predicted molar refractivity (Wildman–Crippen MR) is 107 cm³/mol. The number of nitrogens with zero attached hydrogens (tertiary/aromatic N) is 2. The number of hydrogen-bond donors (Lipinski definition) is 0. The lowest BCUT2D eigenvalue weighted by molar-refractivity contribution is -0.132. The van der Waals surface area contributed by atoms with E-state index in [1.807, 2.05) is 6.07 Å². The molecule has 6 nitrogen and oxygen atoms in total. The molecule has 3 saturated heterocycles. The van der Waals surface area contributed by atoms with E-state index in [-0.39, 0.29) is 23.5 Å². The Hall–Kier alpha value is -2.05. The summed E-state index contributed by atoms with van der Waals surface area (Å²) in [6.45, 7) is 2.80. The van der Waals surface area contributed by atoms with Gasteiger partial charge in [-0.1, -0.05) is 11.6 Å². The van der Waals surface area contributed by atoms with E-state index in [9.17, 15) is 4.79 Å². The SMILES string of the molecule is COc1cc2c(cc1OC)C13CCN4CC5=CCO[C@H]6CC(=O)N2[C@H]1[C@H]6[C@H]5C[C@H]43. The monoisotopic (exact) mass is 394 g/mol. The molecular formula is C23H26N2O4. The van der Waals surface area contributed by atoms with Crippen molar-refractivity contribution in [2.24, 2.45) is 11.8 Å². The van der Waals surface area contributed by atoms with Crippen molar-refractivity contribution in [1.82, 2.24) is 4.90 Å². The summed E-state index contributed by atoms with van der Waals surface area (Å²) in [6.07, 6.45) is 5.11. The van der Waals surface area contributed by atoms with E-state index < -0.39 is 0 Å². The Morgan fingerprint density at radius 1 is 1.21 bits per heavy atom. The van der Waals surface area contributed by atoms with Gasteiger partial charge in [0.1, 0.15) is 0 Å². The summed E-state index contributed by atoms with van der Waals surface area (Å²) in [6, 6.07) is 4.87. The Morgan fingerprint density at radius 2 is 2.03 bits per heavy atom. The van der Waals surface area contributed by atoms with E-state index in [2.05, 4.69) is 21.9 Å². The molecular weight excluding hydrogens is 368 g/mol. The predicted octanol–water partition coefficient (Wildman–Crippen LogP) is 2.11. The number of benzene rings is 1. The fourth-order valence-electron chi connectivity index (χ4n) is 7.87. The van der Waals surface area contributed by atoms with Crippen LogP contribution in [-0.4, -0.2) is 62.9 Å². The second-order valence-electron chi connectivity index (χ2n) is 9.48. The van der Waals surface area contributed by atoms with Gasteiger partial charge in [0.15, 0.2) is 11.5 Å². The number of rotatable bonds is 2. The molecule has 6 heteroatoms. The first kappa shape index (κ1) is 16.7. The van der Waals surface area contributed by atoms with Gasteiger partial charge in [-0.3, -0.25) is 9.69 Å². The summed E-state index contributed by atoms with van der Waals surface area (Å²) in [5.41, 5.74) is 3.85. The summed E-state index contributed by atoms with van der Waals surface area (Å²) in [5, 5.41) is 0. The number of carbonyl (C=O) groups excluding carboxylic acids is 1. The second kappa shape index (κ2) is 5.35. The third kappa shape index (κ3) is 1.76. The fraction of sp³-hybridized carbons (Fsp3) is 0.609. The Balaban J connectivity index is 1.52. The molecule has 1 aromatic rings. The number of hydrogen-bond acceptors (Lipinski definition) is 5. The van der Waals surface area contributed by atoms with Gasteiger partial charge in [0.2, 0.25) is 5.91 Å². The van der Waals surface area contributed by atoms with Gasteiger partial charge >= 0.3 is 0 Å². The third-order valence-corrected chi connectivity index (χ3v) is 8.81. The van der Waals surface area contributed by atoms with Crippen LogP contribution in [0.4, 0.5) is 5.69 Å². The van der Waals surface area contributed by atoms with Crippen LogP contribution in [0, 0.1) is 11.8 Å². The van der Waals surface area contributed by atoms with Crippen LogP contribution in [0.1, 0.15) is 24.8 Å². The first-order chi connectivity index (χ1) is 14.2. The molecule has 152 valence electrons. The smallest absolute Gasteiger partial charge is 0.229 e. The van der Waals surface area contributed by atoms with Crippen molar-refractivity contribution >= 4 is 11.6 Å². The van der Waals surface area contributed by atoms with Crippen molar-refractivity contribution in [2.45, 2.75) is 42.9 Å². The molecule has 1 spiro atoms. The number of amides is 1. The maximum absolute atomic E-state index is 13.5. The Kier molecular flexibility index (Phi) is 3.08. The first-order valence-corrected chi connectivity index (χ1v) is 10.8. The molecule has 5 aliphatic heterocycles. The van der Waals surface area contributed by atoms with E-state index in [0.717, 1.165) is 30.9 Å². The van der Waals surface area contributed by atoms with Gasteiger partial charge in [0, 0.05) is 30.0 Å². The van der Waals surface area contributed by atoms with E-state index >= 15 is 0 Å². The summed E-state index contributed by atoms with van der Waals surface area (Å²) in [4.78, 5) is 18.3. The highest BCUT2D eigenvalue weighted by Gasteiger charge is 2.71. The number of piperidine rings is 2. The van der Waals surface area contributed by atoms with Crippen LogP contribution >= 0.6 is 0 Å². The summed E-state index contributed by atoms with van der Waals surface area (Å²) in [5.74, 6) is 2.57. The zero-order valence-corrected chi connectivity index (χ0v) is 16.9. The van der Waals surface area contributed by atoms with Crippen molar-refractivity contribution in [3.05, 3.63) is 29.3 Å². The Morgan fingerprint density at radius 3 is 2.86 bits per heavy atom. The minimum atomic E-state index is -0.0242. The maximum Gasteiger partial charge on any atom is 0.229 e. The Labute approximate surface area is 170 Å². The van der Waals surface area contributed by atoms with E-state index in [0.29, 0.717) is 36.7 Å². The molecule has 0 aromatic heterocycles. The molecule has 7 rings (SSSR count). The van der Waals surface area contributed by atoms with Gasteiger partial charge in [-0.15, -0.1) is 0 Å². The molecule has 2 bridgehead atoms. The molecule has 29 heavy (non-hydrogen) atoms. The van der Waals surface area contributed by atoms with Gasteiger partial charge in [-0.25, -0.2) is 0 Å². The average molecular weight is 394 g/mol. The number of ether oxygens (including phenoxy) is 3.